The molecule has 2 aliphatic heterocycles. The normalized spacial score (nSPS) is 20.4. The average molecular weight is 568 g/mol. The summed E-state index contributed by atoms with van der Waals surface area (Å²) < 4.78 is 25.8. The van der Waals surface area contributed by atoms with E-state index in [1.165, 1.54) is 0 Å². The van der Waals surface area contributed by atoms with Crippen LogP contribution in [0.25, 0.3) is 0 Å². The van der Waals surface area contributed by atoms with Crippen molar-refractivity contribution in [2.24, 2.45) is 0 Å². The Morgan fingerprint density at radius 3 is 2.46 bits per heavy atom. The van der Waals surface area contributed by atoms with E-state index >= 15 is 0 Å². The molecule has 0 bridgehead atoms. The van der Waals surface area contributed by atoms with Crippen molar-refractivity contribution in [1.82, 2.24) is 14.5 Å². The Hall–Kier alpha value is -2.17. The number of nitrogens with zero attached hydrogens (tertiary/aromatic N) is 2. The highest BCUT2D eigenvalue weighted by Gasteiger charge is 2.52. The molecule has 0 radical (unpaired) electrons. The first-order chi connectivity index (χ1) is 17.4. The summed E-state index contributed by atoms with van der Waals surface area (Å²) in [4.78, 5) is 31.1. The van der Waals surface area contributed by atoms with Gasteiger partial charge in [0.2, 0.25) is 21.8 Å². The van der Waals surface area contributed by atoms with Gasteiger partial charge in [0.05, 0.1) is 12.8 Å². The van der Waals surface area contributed by atoms with E-state index in [1.807, 2.05) is 43.0 Å². The fourth-order valence-electron chi connectivity index (χ4n) is 5.39. The van der Waals surface area contributed by atoms with E-state index in [2.05, 4.69) is 10.0 Å². The van der Waals surface area contributed by atoms with Crippen LogP contribution in [0.2, 0.25) is 10.0 Å². The lowest BCUT2D eigenvalue weighted by Gasteiger charge is -2.43. The molecule has 1 saturated heterocycles. The summed E-state index contributed by atoms with van der Waals surface area (Å²) >= 11 is 12.5. The van der Waals surface area contributed by atoms with Gasteiger partial charge in [-0.25, -0.2) is 13.1 Å². The number of nitrogens with one attached hydrogen (secondary N) is 2. The lowest BCUT2D eigenvalue weighted by Crippen LogP contribution is -2.59. The number of hydrogen-bond donors (Lipinski definition) is 2. The number of carbonyl (C=O) groups is 2. The average Bonchev–Trinajstić information content (AvgIpc) is 3.07. The molecule has 2 aromatic rings. The Kier molecular flexibility index (Phi) is 8.21. The lowest BCUT2D eigenvalue weighted by atomic mass is 9.82. The Morgan fingerprint density at radius 1 is 1.16 bits per heavy atom. The second kappa shape index (κ2) is 10.9. The van der Waals surface area contributed by atoms with E-state index in [1.54, 1.807) is 23.1 Å². The summed E-state index contributed by atoms with van der Waals surface area (Å²) in [7, 11) is -3.31. The first kappa shape index (κ1) is 27.9. The van der Waals surface area contributed by atoms with Crippen molar-refractivity contribution in [2.75, 3.05) is 31.2 Å². The maximum absolute atomic E-state index is 13.8. The molecular weight excluding hydrogens is 535 g/mol. The van der Waals surface area contributed by atoms with Crippen molar-refractivity contribution < 1.29 is 18.0 Å². The number of halogens is 2. The van der Waals surface area contributed by atoms with E-state index in [-0.39, 0.29) is 30.4 Å². The highest BCUT2D eigenvalue weighted by molar-refractivity contribution is 7.88. The maximum atomic E-state index is 13.8. The predicted octanol–water partition coefficient (Wildman–Crippen LogP) is 3.63. The van der Waals surface area contributed by atoms with Crippen LogP contribution in [0, 0.1) is 0 Å². The lowest BCUT2D eigenvalue weighted by molar-refractivity contribution is -0.140. The quantitative estimate of drug-likeness (QED) is 0.508. The van der Waals surface area contributed by atoms with Crippen molar-refractivity contribution in [2.45, 2.75) is 50.7 Å². The standard InChI is InChI=1S/C26H32Cl2N4O4S/c1-17(2)32(16-24(33)31-11-9-21(10-12-31)30-37(3,35)36)26(15-18-5-4-6-19(27)13-18)22-8-7-20(28)14-23(22)29-25(26)34/h4-8,13-14,17,21,30H,9-12,15-16H2,1-3H3,(H,29,34). The van der Waals surface area contributed by atoms with Gasteiger partial charge in [-0.2, -0.15) is 0 Å². The largest absolute Gasteiger partial charge is 0.341 e. The van der Waals surface area contributed by atoms with Gasteiger partial charge < -0.3 is 10.2 Å². The van der Waals surface area contributed by atoms with Crippen LogP contribution in [-0.4, -0.2) is 68.0 Å². The number of sulfonamides is 1. The molecule has 1 fully saturated rings. The number of anilines is 1. The van der Waals surface area contributed by atoms with Crippen molar-refractivity contribution in [3.8, 4) is 0 Å². The van der Waals surface area contributed by atoms with Gasteiger partial charge in [0.25, 0.3) is 0 Å². The van der Waals surface area contributed by atoms with Gasteiger partial charge >= 0.3 is 0 Å². The van der Waals surface area contributed by atoms with E-state index in [9.17, 15) is 18.0 Å². The molecule has 0 aromatic heterocycles. The summed E-state index contributed by atoms with van der Waals surface area (Å²) in [6, 6.07) is 12.4. The Morgan fingerprint density at radius 2 is 1.84 bits per heavy atom. The molecule has 2 aromatic carbocycles. The van der Waals surface area contributed by atoms with Gasteiger partial charge in [0.15, 0.2) is 0 Å². The third-order valence-corrected chi connectivity index (χ3v) is 8.28. The Labute approximate surface area is 228 Å². The van der Waals surface area contributed by atoms with E-state index in [0.29, 0.717) is 48.1 Å². The van der Waals surface area contributed by atoms with Crippen LogP contribution >= 0.6 is 23.2 Å². The molecule has 37 heavy (non-hydrogen) atoms. The third-order valence-electron chi connectivity index (χ3n) is 7.05. The Bertz CT molecular complexity index is 1300. The summed E-state index contributed by atoms with van der Waals surface area (Å²) in [5.41, 5.74) is 1.12. The molecule has 11 heteroatoms. The zero-order chi connectivity index (χ0) is 27.0. The first-order valence-electron chi connectivity index (χ1n) is 12.3. The molecule has 8 nitrogen and oxygen atoms in total. The number of benzene rings is 2. The molecular formula is C26H32Cl2N4O4S. The summed E-state index contributed by atoms with van der Waals surface area (Å²) in [5, 5.41) is 4.07. The summed E-state index contributed by atoms with van der Waals surface area (Å²) in [5.74, 6) is -0.325. The van der Waals surface area contributed by atoms with Gasteiger partial charge in [-0.3, -0.25) is 14.5 Å². The van der Waals surface area contributed by atoms with Crippen molar-refractivity contribution in [3.63, 3.8) is 0 Å². The molecule has 0 spiro atoms. The molecule has 4 rings (SSSR count). The maximum Gasteiger partial charge on any atom is 0.249 e. The fourth-order valence-corrected chi connectivity index (χ4v) is 6.61. The molecule has 2 heterocycles. The molecule has 2 amide bonds. The monoisotopic (exact) mass is 566 g/mol. The number of rotatable bonds is 8. The molecule has 200 valence electrons. The number of piperidine rings is 1. The summed E-state index contributed by atoms with van der Waals surface area (Å²) in [6.07, 6.45) is 2.54. The second-order valence-electron chi connectivity index (χ2n) is 10.1. The number of carbonyl (C=O) groups excluding carboxylic acids is 2. The van der Waals surface area contributed by atoms with Gasteiger partial charge in [-0.15, -0.1) is 0 Å². The van der Waals surface area contributed by atoms with E-state index in [0.717, 1.165) is 17.4 Å². The molecule has 2 N–H and O–H groups in total. The van der Waals surface area contributed by atoms with Gasteiger partial charge in [0.1, 0.15) is 5.54 Å². The number of amides is 2. The topological polar surface area (TPSA) is 98.8 Å². The SMILES string of the molecule is CC(C)N(CC(=O)N1CCC(NS(C)(=O)=O)CC1)C1(Cc2cccc(Cl)c2)C(=O)Nc2cc(Cl)ccc21. The second-order valence-corrected chi connectivity index (χ2v) is 12.7. The van der Waals surface area contributed by atoms with Gasteiger partial charge in [-0.05, 0) is 56.5 Å². The summed E-state index contributed by atoms with van der Waals surface area (Å²) in [6.45, 7) is 4.85. The number of hydrogen-bond acceptors (Lipinski definition) is 5. The van der Waals surface area contributed by atoms with Crippen LogP contribution in [0.4, 0.5) is 5.69 Å². The van der Waals surface area contributed by atoms with Crippen LogP contribution in [-0.2, 0) is 31.6 Å². The molecule has 1 atom stereocenters. The molecule has 0 aliphatic carbocycles. The first-order valence-corrected chi connectivity index (χ1v) is 14.9. The number of fused-ring (bicyclic) bond motifs is 1. The zero-order valence-corrected chi connectivity index (χ0v) is 23.5. The fraction of sp³-hybridized carbons (Fsp3) is 0.462. The van der Waals surface area contributed by atoms with Crippen LogP contribution in [0.15, 0.2) is 42.5 Å². The highest BCUT2D eigenvalue weighted by Crippen LogP contribution is 2.45. The van der Waals surface area contributed by atoms with Gasteiger partial charge in [0, 0.05) is 52.9 Å². The van der Waals surface area contributed by atoms with Crippen molar-refractivity contribution >= 4 is 50.7 Å². The van der Waals surface area contributed by atoms with Crippen molar-refractivity contribution in [1.29, 1.82) is 0 Å². The van der Waals surface area contributed by atoms with Crippen LogP contribution in [0.5, 0.6) is 0 Å². The zero-order valence-electron chi connectivity index (χ0n) is 21.1. The minimum absolute atomic E-state index is 0.0257. The minimum Gasteiger partial charge on any atom is -0.341 e. The smallest absolute Gasteiger partial charge is 0.249 e. The van der Waals surface area contributed by atoms with Gasteiger partial charge in [-0.1, -0.05) is 41.4 Å². The third kappa shape index (κ3) is 6.12. The Balaban J connectivity index is 1.65. The molecule has 0 saturated carbocycles. The van der Waals surface area contributed by atoms with E-state index < -0.39 is 15.6 Å². The van der Waals surface area contributed by atoms with E-state index in [4.69, 9.17) is 23.2 Å². The molecule has 1 unspecified atom stereocenters. The number of likely N-dealkylation sites (tertiary alicyclic amines) is 1. The van der Waals surface area contributed by atoms with Crippen LogP contribution < -0.4 is 10.0 Å². The van der Waals surface area contributed by atoms with Crippen LogP contribution in [0.1, 0.15) is 37.8 Å². The highest BCUT2D eigenvalue weighted by atomic mass is 35.5. The predicted molar refractivity (Wildman–Crippen MR) is 146 cm³/mol. The van der Waals surface area contributed by atoms with Crippen LogP contribution in [0.3, 0.4) is 0 Å². The van der Waals surface area contributed by atoms with Crippen molar-refractivity contribution in [3.05, 3.63) is 63.6 Å². The molecule has 2 aliphatic rings. The minimum atomic E-state index is -3.31.